The highest BCUT2D eigenvalue weighted by Gasteiger charge is 2.00. The van der Waals surface area contributed by atoms with Gasteiger partial charge in [-0.2, -0.15) is 0 Å². The molecule has 1 aromatic carbocycles. The van der Waals surface area contributed by atoms with Gasteiger partial charge < -0.3 is 10.3 Å². The molecule has 58 valence electrons. The minimum atomic E-state index is 0. The van der Waals surface area contributed by atoms with Crippen molar-refractivity contribution in [1.82, 2.24) is 5.16 Å². The predicted molar refractivity (Wildman–Crippen MR) is 45.2 cm³/mol. The molecule has 0 unspecified atom stereocenters. The maximum absolute atomic E-state index is 5.47. The summed E-state index contributed by atoms with van der Waals surface area (Å²) in [7, 11) is 0. The van der Waals surface area contributed by atoms with Gasteiger partial charge in [0.25, 0.3) is 0 Å². The molecule has 3 heteroatoms. The summed E-state index contributed by atoms with van der Waals surface area (Å²) >= 11 is 0. The van der Waals surface area contributed by atoms with Crippen molar-refractivity contribution in [2.24, 2.45) is 0 Å². The summed E-state index contributed by atoms with van der Waals surface area (Å²) in [4.78, 5) is 0. The molecular formula is C8H10N2O. The van der Waals surface area contributed by atoms with E-state index in [1.54, 1.807) is 0 Å². The van der Waals surface area contributed by atoms with Crippen LogP contribution in [0.4, 0.5) is 5.82 Å². The van der Waals surface area contributed by atoms with E-state index in [9.17, 15) is 0 Å². The lowest BCUT2D eigenvalue weighted by Gasteiger charge is -1.82. The summed E-state index contributed by atoms with van der Waals surface area (Å²) in [6.07, 6.45) is 0. The van der Waals surface area contributed by atoms with Crippen LogP contribution in [0.25, 0.3) is 11.0 Å². The monoisotopic (exact) mass is 150 g/mol. The smallest absolute Gasteiger partial charge is 0.174 e. The van der Waals surface area contributed by atoms with Gasteiger partial charge in [-0.1, -0.05) is 24.7 Å². The number of aromatic nitrogens is 1. The summed E-state index contributed by atoms with van der Waals surface area (Å²) in [5.74, 6) is 0.454. The average molecular weight is 150 g/mol. The molecular weight excluding hydrogens is 140 g/mol. The normalized spacial score (nSPS) is 9.45. The van der Waals surface area contributed by atoms with Crippen LogP contribution < -0.4 is 5.73 Å². The first-order chi connectivity index (χ1) is 4.88. The maximum atomic E-state index is 5.47. The largest absolute Gasteiger partial charge is 0.380 e. The Bertz CT molecular complexity index is 354. The number of benzene rings is 1. The predicted octanol–water partition coefficient (Wildman–Crippen LogP) is 2.05. The van der Waals surface area contributed by atoms with Crippen LogP contribution in [0, 0.1) is 0 Å². The molecule has 0 aliphatic rings. The first-order valence-corrected chi connectivity index (χ1v) is 2.98. The van der Waals surface area contributed by atoms with E-state index in [4.69, 9.17) is 10.3 Å². The van der Waals surface area contributed by atoms with E-state index in [1.165, 1.54) is 0 Å². The summed E-state index contributed by atoms with van der Waals surface area (Å²) < 4.78 is 4.87. The van der Waals surface area contributed by atoms with E-state index in [0.29, 0.717) is 5.82 Å². The van der Waals surface area contributed by atoms with E-state index >= 15 is 0 Å². The minimum Gasteiger partial charge on any atom is -0.380 e. The van der Waals surface area contributed by atoms with Gasteiger partial charge in [0.1, 0.15) is 0 Å². The zero-order valence-corrected chi connectivity index (χ0v) is 5.24. The fourth-order valence-corrected chi connectivity index (χ4v) is 0.905. The number of hydrogen-bond acceptors (Lipinski definition) is 3. The highest BCUT2D eigenvalue weighted by atomic mass is 16.5. The molecule has 1 aromatic heterocycles. The molecule has 1 heterocycles. The van der Waals surface area contributed by atoms with Crippen molar-refractivity contribution in [3.05, 3.63) is 24.3 Å². The molecule has 11 heavy (non-hydrogen) atoms. The number of nitrogens with zero attached hydrogens (tertiary/aromatic N) is 1. The Morgan fingerprint density at radius 2 is 2.00 bits per heavy atom. The van der Waals surface area contributed by atoms with Gasteiger partial charge in [-0.15, -0.1) is 0 Å². The molecule has 0 amide bonds. The molecule has 2 N–H and O–H groups in total. The lowest BCUT2D eigenvalue weighted by Crippen LogP contribution is -1.82. The molecule has 0 atom stereocenters. The summed E-state index contributed by atoms with van der Waals surface area (Å²) in [5, 5.41) is 4.48. The number of fused-ring (bicyclic) bond motifs is 1. The summed E-state index contributed by atoms with van der Waals surface area (Å²) in [5.41, 5.74) is 6.21. The Morgan fingerprint density at radius 3 is 2.73 bits per heavy atom. The molecule has 3 nitrogen and oxygen atoms in total. The van der Waals surface area contributed by atoms with Gasteiger partial charge in [0.05, 0.1) is 5.39 Å². The number of hydrogen-bond donors (Lipinski definition) is 1. The first kappa shape index (κ1) is 7.60. The lowest BCUT2D eigenvalue weighted by molar-refractivity contribution is 0.460. The van der Waals surface area contributed by atoms with Gasteiger partial charge in [-0.25, -0.2) is 0 Å². The van der Waals surface area contributed by atoms with Crippen LogP contribution in [0.3, 0.4) is 0 Å². The molecule has 0 bridgehead atoms. The third-order valence-electron chi connectivity index (χ3n) is 1.41. The van der Waals surface area contributed by atoms with E-state index in [0.717, 1.165) is 11.0 Å². The number of nitrogens with two attached hydrogens (primary N) is 1. The van der Waals surface area contributed by atoms with Gasteiger partial charge in [0, 0.05) is 0 Å². The van der Waals surface area contributed by atoms with Crippen LogP contribution in [0.2, 0.25) is 0 Å². The number of anilines is 1. The van der Waals surface area contributed by atoms with Gasteiger partial charge >= 0.3 is 0 Å². The van der Waals surface area contributed by atoms with Crippen LogP contribution in [-0.2, 0) is 0 Å². The maximum Gasteiger partial charge on any atom is 0.174 e. The van der Waals surface area contributed by atoms with Gasteiger partial charge in [0.2, 0.25) is 0 Å². The molecule has 0 saturated carbocycles. The highest BCUT2D eigenvalue weighted by molar-refractivity contribution is 5.86. The van der Waals surface area contributed by atoms with Crippen molar-refractivity contribution in [3.8, 4) is 0 Å². The fourth-order valence-electron chi connectivity index (χ4n) is 0.905. The molecule has 0 saturated heterocycles. The molecule has 0 aliphatic heterocycles. The summed E-state index contributed by atoms with van der Waals surface area (Å²) in [6.45, 7) is 0. The molecule has 2 rings (SSSR count). The van der Waals surface area contributed by atoms with Gasteiger partial charge in [0.15, 0.2) is 11.4 Å². The number of nitrogen functional groups attached to an aromatic ring is 1. The Kier molecular flexibility index (Phi) is 1.81. The van der Waals surface area contributed by atoms with Crippen molar-refractivity contribution < 1.29 is 4.52 Å². The van der Waals surface area contributed by atoms with Crippen LogP contribution in [0.5, 0.6) is 0 Å². The molecule has 0 aliphatic carbocycles. The van der Waals surface area contributed by atoms with Crippen LogP contribution >= 0.6 is 0 Å². The molecule has 2 aromatic rings. The zero-order chi connectivity index (χ0) is 6.97. The summed E-state index contributed by atoms with van der Waals surface area (Å²) in [6, 6.07) is 7.49. The second-order valence-corrected chi connectivity index (χ2v) is 2.06. The third kappa shape index (κ3) is 1.05. The van der Waals surface area contributed by atoms with Crippen molar-refractivity contribution in [2.75, 3.05) is 5.73 Å². The SMILES string of the molecule is C.Nc1noc2ccccc12. The Morgan fingerprint density at radius 1 is 1.27 bits per heavy atom. The van der Waals surface area contributed by atoms with E-state index < -0.39 is 0 Å². The van der Waals surface area contributed by atoms with Crippen molar-refractivity contribution in [3.63, 3.8) is 0 Å². The van der Waals surface area contributed by atoms with E-state index in [2.05, 4.69) is 5.16 Å². The Labute approximate surface area is 64.8 Å². The van der Waals surface area contributed by atoms with Gasteiger partial charge in [-0.3, -0.25) is 0 Å². The quantitative estimate of drug-likeness (QED) is 0.625. The average Bonchev–Trinajstić information content (AvgIpc) is 2.34. The van der Waals surface area contributed by atoms with E-state index in [1.807, 2.05) is 24.3 Å². The number of para-hydroxylation sites is 1. The molecule has 0 fully saturated rings. The Hall–Kier alpha value is -1.51. The lowest BCUT2D eigenvalue weighted by atomic mass is 10.2. The highest BCUT2D eigenvalue weighted by Crippen LogP contribution is 2.18. The standard InChI is InChI=1S/C7H6N2O.CH4/c8-7-5-3-1-2-4-6(5)10-9-7;/h1-4H,(H2,8,9);1H4. The fraction of sp³-hybridized carbons (Fsp3) is 0.125. The van der Waals surface area contributed by atoms with Crippen LogP contribution in [0.1, 0.15) is 7.43 Å². The number of rotatable bonds is 0. The van der Waals surface area contributed by atoms with Crippen molar-refractivity contribution in [2.45, 2.75) is 7.43 Å². The molecule has 0 spiro atoms. The second-order valence-electron chi connectivity index (χ2n) is 2.06. The first-order valence-electron chi connectivity index (χ1n) is 2.98. The van der Waals surface area contributed by atoms with Crippen LogP contribution in [-0.4, -0.2) is 5.16 Å². The van der Waals surface area contributed by atoms with Crippen molar-refractivity contribution >= 4 is 16.8 Å². The van der Waals surface area contributed by atoms with Crippen LogP contribution in [0.15, 0.2) is 28.8 Å². The van der Waals surface area contributed by atoms with E-state index in [-0.39, 0.29) is 7.43 Å². The Balaban J connectivity index is 0.000000605. The second kappa shape index (κ2) is 2.62. The third-order valence-corrected chi connectivity index (χ3v) is 1.41. The van der Waals surface area contributed by atoms with Crippen molar-refractivity contribution in [1.29, 1.82) is 0 Å². The molecule has 0 radical (unpaired) electrons. The topological polar surface area (TPSA) is 52.0 Å². The minimum absolute atomic E-state index is 0. The zero-order valence-electron chi connectivity index (χ0n) is 5.24. The van der Waals surface area contributed by atoms with Gasteiger partial charge in [-0.05, 0) is 12.1 Å².